The molecule has 1 saturated carbocycles. The molecule has 0 radical (unpaired) electrons. The van der Waals surface area contributed by atoms with E-state index in [9.17, 15) is 0 Å². The van der Waals surface area contributed by atoms with E-state index < -0.39 is 0 Å². The Kier molecular flexibility index (Phi) is 1.78. The number of hydrogen-bond donors (Lipinski definition) is 1. The van der Waals surface area contributed by atoms with Gasteiger partial charge in [0.05, 0.1) is 6.10 Å². The lowest BCUT2D eigenvalue weighted by Crippen LogP contribution is -1.98. The Balaban J connectivity index is 2.16. The van der Waals surface area contributed by atoms with Crippen molar-refractivity contribution in [3.8, 4) is 5.75 Å². The number of pyridine rings is 1. The molecule has 3 heteroatoms. The molecule has 0 aliphatic heterocycles. The van der Waals surface area contributed by atoms with Gasteiger partial charge in [0.15, 0.2) is 0 Å². The minimum absolute atomic E-state index is 0.388. The second kappa shape index (κ2) is 3.12. The number of anilines is 1. The third-order valence-corrected chi connectivity index (χ3v) is 2.58. The maximum atomic E-state index is 5.88. The fraction of sp³-hybridized carbons (Fsp3) is 0.250. The summed E-state index contributed by atoms with van der Waals surface area (Å²) in [6, 6.07) is 7.64. The Morgan fingerprint density at radius 1 is 1.27 bits per heavy atom. The molecule has 1 aromatic heterocycles. The first-order valence-electron chi connectivity index (χ1n) is 5.14. The summed E-state index contributed by atoms with van der Waals surface area (Å²) in [5.41, 5.74) is 7.49. The fourth-order valence-electron chi connectivity index (χ4n) is 1.63. The Bertz CT molecular complexity index is 506. The normalized spacial score (nSPS) is 15.5. The second-order valence-electron chi connectivity index (χ2n) is 3.87. The van der Waals surface area contributed by atoms with Crippen molar-refractivity contribution in [2.24, 2.45) is 0 Å². The molecule has 1 aromatic carbocycles. The van der Waals surface area contributed by atoms with Crippen molar-refractivity contribution >= 4 is 16.6 Å². The van der Waals surface area contributed by atoms with Gasteiger partial charge < -0.3 is 10.5 Å². The Morgan fingerprint density at radius 2 is 2.13 bits per heavy atom. The molecular weight excluding hydrogens is 188 g/mol. The zero-order valence-corrected chi connectivity index (χ0v) is 8.31. The van der Waals surface area contributed by atoms with Crippen LogP contribution in [-0.4, -0.2) is 11.1 Å². The SMILES string of the molecule is Nc1ccc(OC2CC2)c2ncccc12. The minimum Gasteiger partial charge on any atom is -0.488 e. The summed E-state index contributed by atoms with van der Waals surface area (Å²) in [6.45, 7) is 0. The van der Waals surface area contributed by atoms with Crippen LogP contribution >= 0.6 is 0 Å². The lowest BCUT2D eigenvalue weighted by molar-refractivity contribution is 0.306. The van der Waals surface area contributed by atoms with Gasteiger partial charge in [0.25, 0.3) is 0 Å². The number of nitrogens with two attached hydrogens (primary N) is 1. The zero-order chi connectivity index (χ0) is 10.3. The number of nitrogens with zero attached hydrogens (tertiary/aromatic N) is 1. The van der Waals surface area contributed by atoms with Crippen LogP contribution in [0.4, 0.5) is 5.69 Å². The van der Waals surface area contributed by atoms with E-state index in [1.165, 1.54) is 0 Å². The van der Waals surface area contributed by atoms with Crippen molar-refractivity contribution in [2.45, 2.75) is 18.9 Å². The molecule has 0 spiro atoms. The van der Waals surface area contributed by atoms with Crippen LogP contribution in [0.3, 0.4) is 0 Å². The molecule has 0 amide bonds. The molecule has 0 bridgehead atoms. The number of aromatic nitrogens is 1. The van der Waals surface area contributed by atoms with Crippen molar-refractivity contribution in [3.05, 3.63) is 30.5 Å². The molecule has 1 aliphatic carbocycles. The van der Waals surface area contributed by atoms with E-state index in [2.05, 4.69) is 4.98 Å². The predicted octanol–water partition coefficient (Wildman–Crippen LogP) is 2.36. The molecule has 0 unspecified atom stereocenters. The van der Waals surface area contributed by atoms with Gasteiger partial charge in [-0.3, -0.25) is 4.98 Å². The van der Waals surface area contributed by atoms with E-state index in [0.717, 1.165) is 35.2 Å². The van der Waals surface area contributed by atoms with Crippen molar-refractivity contribution < 1.29 is 4.74 Å². The molecule has 3 rings (SSSR count). The smallest absolute Gasteiger partial charge is 0.146 e. The Hall–Kier alpha value is -1.77. The molecule has 15 heavy (non-hydrogen) atoms. The fourth-order valence-corrected chi connectivity index (χ4v) is 1.63. The van der Waals surface area contributed by atoms with Gasteiger partial charge in [0.2, 0.25) is 0 Å². The van der Waals surface area contributed by atoms with Gasteiger partial charge in [-0.2, -0.15) is 0 Å². The molecule has 0 atom stereocenters. The van der Waals surface area contributed by atoms with Gasteiger partial charge in [0, 0.05) is 17.3 Å². The predicted molar refractivity (Wildman–Crippen MR) is 59.8 cm³/mol. The summed E-state index contributed by atoms with van der Waals surface area (Å²) in [6.07, 6.45) is 4.46. The van der Waals surface area contributed by atoms with Crippen LogP contribution in [-0.2, 0) is 0 Å². The van der Waals surface area contributed by atoms with E-state index in [0.29, 0.717) is 6.10 Å². The summed E-state index contributed by atoms with van der Waals surface area (Å²) in [7, 11) is 0. The van der Waals surface area contributed by atoms with Gasteiger partial charge in [0.1, 0.15) is 11.3 Å². The Morgan fingerprint density at radius 3 is 2.93 bits per heavy atom. The van der Waals surface area contributed by atoms with Crippen molar-refractivity contribution in [1.82, 2.24) is 4.98 Å². The lowest BCUT2D eigenvalue weighted by atomic mass is 10.2. The van der Waals surface area contributed by atoms with Crippen LogP contribution < -0.4 is 10.5 Å². The molecule has 1 heterocycles. The highest BCUT2D eigenvalue weighted by Gasteiger charge is 2.24. The van der Waals surface area contributed by atoms with E-state index in [1.807, 2.05) is 24.3 Å². The summed E-state index contributed by atoms with van der Waals surface area (Å²) in [5.74, 6) is 0.849. The average Bonchev–Trinajstić information content (AvgIpc) is 3.07. The number of hydrogen-bond acceptors (Lipinski definition) is 3. The quantitative estimate of drug-likeness (QED) is 0.757. The van der Waals surface area contributed by atoms with Crippen molar-refractivity contribution in [3.63, 3.8) is 0 Å². The van der Waals surface area contributed by atoms with Crippen LogP contribution in [0.1, 0.15) is 12.8 Å². The summed E-state index contributed by atoms with van der Waals surface area (Å²) < 4.78 is 5.78. The number of rotatable bonds is 2. The van der Waals surface area contributed by atoms with Crippen molar-refractivity contribution in [2.75, 3.05) is 5.73 Å². The molecule has 2 N–H and O–H groups in total. The molecular formula is C12H12N2O. The van der Waals surface area contributed by atoms with E-state index >= 15 is 0 Å². The third kappa shape index (κ3) is 1.50. The number of benzene rings is 1. The molecule has 3 nitrogen and oxygen atoms in total. The molecule has 1 aliphatic rings. The minimum atomic E-state index is 0.388. The maximum absolute atomic E-state index is 5.88. The number of nitrogen functional groups attached to an aromatic ring is 1. The summed E-state index contributed by atoms with van der Waals surface area (Å²) >= 11 is 0. The highest BCUT2D eigenvalue weighted by Crippen LogP contribution is 2.33. The van der Waals surface area contributed by atoms with E-state index in [1.54, 1.807) is 6.20 Å². The van der Waals surface area contributed by atoms with Gasteiger partial charge >= 0.3 is 0 Å². The first kappa shape index (κ1) is 8.53. The Labute approximate surface area is 87.9 Å². The number of ether oxygens (including phenoxy) is 1. The molecule has 1 fully saturated rings. The maximum Gasteiger partial charge on any atom is 0.146 e. The highest BCUT2D eigenvalue weighted by atomic mass is 16.5. The van der Waals surface area contributed by atoms with Gasteiger partial charge in [-0.1, -0.05) is 0 Å². The average molecular weight is 200 g/mol. The first-order chi connectivity index (χ1) is 7.34. The number of fused-ring (bicyclic) bond motifs is 1. The van der Waals surface area contributed by atoms with Crippen molar-refractivity contribution in [1.29, 1.82) is 0 Å². The molecule has 2 aromatic rings. The van der Waals surface area contributed by atoms with Crippen LogP contribution in [0.25, 0.3) is 10.9 Å². The summed E-state index contributed by atoms with van der Waals surface area (Å²) in [5, 5.41) is 0.968. The second-order valence-corrected chi connectivity index (χ2v) is 3.87. The molecule has 76 valence electrons. The lowest BCUT2D eigenvalue weighted by Gasteiger charge is -2.08. The summed E-state index contributed by atoms with van der Waals surface area (Å²) in [4.78, 5) is 4.32. The van der Waals surface area contributed by atoms with Crippen LogP contribution in [0.5, 0.6) is 5.75 Å². The first-order valence-corrected chi connectivity index (χ1v) is 5.14. The highest BCUT2D eigenvalue weighted by molar-refractivity contribution is 5.94. The van der Waals surface area contributed by atoms with E-state index in [-0.39, 0.29) is 0 Å². The third-order valence-electron chi connectivity index (χ3n) is 2.58. The molecule has 0 saturated heterocycles. The van der Waals surface area contributed by atoms with E-state index in [4.69, 9.17) is 10.5 Å². The van der Waals surface area contributed by atoms with Crippen LogP contribution in [0.2, 0.25) is 0 Å². The van der Waals surface area contributed by atoms with Crippen LogP contribution in [0.15, 0.2) is 30.5 Å². The topological polar surface area (TPSA) is 48.1 Å². The largest absolute Gasteiger partial charge is 0.488 e. The van der Waals surface area contributed by atoms with Gasteiger partial charge in [-0.05, 0) is 37.1 Å². The van der Waals surface area contributed by atoms with Crippen LogP contribution in [0, 0.1) is 0 Å². The zero-order valence-electron chi connectivity index (χ0n) is 8.31. The van der Waals surface area contributed by atoms with Gasteiger partial charge in [-0.25, -0.2) is 0 Å². The standard InChI is InChI=1S/C12H12N2O/c13-10-5-6-11(15-8-3-4-8)12-9(10)2-1-7-14-12/h1-2,5-8H,3-4,13H2. The van der Waals surface area contributed by atoms with Gasteiger partial charge in [-0.15, -0.1) is 0 Å². The monoisotopic (exact) mass is 200 g/mol.